The molecule has 1 aliphatic heterocycles. The first kappa shape index (κ1) is 14.5. The minimum Gasteiger partial charge on any atom is -0.442 e. The van der Waals surface area contributed by atoms with Crippen molar-refractivity contribution in [1.29, 1.82) is 0 Å². The van der Waals surface area contributed by atoms with Gasteiger partial charge in [-0.2, -0.15) is 10.1 Å². The molecule has 0 aliphatic carbocycles. The Balaban J connectivity index is 2.00. The summed E-state index contributed by atoms with van der Waals surface area (Å²) in [5.74, 6) is -1.12. The van der Waals surface area contributed by atoms with Gasteiger partial charge >= 0.3 is 6.09 Å². The lowest BCUT2D eigenvalue weighted by molar-refractivity contribution is 0.167. The van der Waals surface area contributed by atoms with Gasteiger partial charge in [-0.25, -0.2) is 13.6 Å². The van der Waals surface area contributed by atoms with E-state index in [4.69, 9.17) is 16.3 Å². The first-order valence-electron chi connectivity index (χ1n) is 6.30. The van der Waals surface area contributed by atoms with Gasteiger partial charge in [0, 0.05) is 17.2 Å². The highest BCUT2D eigenvalue weighted by atomic mass is 35.5. The van der Waals surface area contributed by atoms with Gasteiger partial charge in [-0.3, -0.25) is 0 Å². The summed E-state index contributed by atoms with van der Waals surface area (Å²) in [4.78, 5) is 11.6. The lowest BCUT2D eigenvalue weighted by Gasteiger charge is -2.20. The zero-order chi connectivity index (χ0) is 15.7. The number of carbonyl (C=O) groups is 1. The Bertz CT molecular complexity index is 780. The number of amides is 1. The molecule has 0 fully saturated rings. The number of hydrazone groups is 1. The molecule has 0 N–H and O–H groups in total. The van der Waals surface area contributed by atoms with E-state index in [1.54, 1.807) is 0 Å². The molecular weight excluding hydrogens is 314 g/mol. The van der Waals surface area contributed by atoms with E-state index < -0.39 is 17.7 Å². The molecule has 0 saturated heterocycles. The van der Waals surface area contributed by atoms with Crippen LogP contribution in [0.5, 0.6) is 0 Å². The molecule has 2 aromatic rings. The fraction of sp³-hybridized carbons (Fsp3) is 0.0667. The van der Waals surface area contributed by atoms with Crippen LogP contribution in [0.4, 0.5) is 19.3 Å². The molecular formula is C15H9ClF2N2O2. The molecule has 22 heavy (non-hydrogen) atoms. The highest BCUT2D eigenvalue weighted by molar-refractivity contribution is 6.33. The Hall–Kier alpha value is -2.47. The maximum Gasteiger partial charge on any atom is 0.435 e. The SMILES string of the molecule is O=C1OCC=NN1c1ccc(-c2ccc(F)cc2Cl)c(F)c1. The van der Waals surface area contributed by atoms with E-state index in [1.807, 2.05) is 0 Å². The molecule has 112 valence electrons. The molecule has 0 atom stereocenters. The van der Waals surface area contributed by atoms with E-state index in [0.717, 1.165) is 17.1 Å². The third-order valence-electron chi connectivity index (χ3n) is 3.07. The van der Waals surface area contributed by atoms with Crippen LogP contribution in [0.15, 0.2) is 41.5 Å². The molecule has 0 saturated carbocycles. The number of anilines is 1. The summed E-state index contributed by atoms with van der Waals surface area (Å²) in [5, 5.41) is 4.89. The summed E-state index contributed by atoms with van der Waals surface area (Å²) in [7, 11) is 0. The van der Waals surface area contributed by atoms with Crippen LogP contribution in [0, 0.1) is 11.6 Å². The zero-order valence-electron chi connectivity index (χ0n) is 11.1. The van der Waals surface area contributed by atoms with Crippen LogP contribution in [0.25, 0.3) is 11.1 Å². The summed E-state index contributed by atoms with van der Waals surface area (Å²) in [6, 6.07) is 7.78. The first-order chi connectivity index (χ1) is 10.6. The summed E-state index contributed by atoms with van der Waals surface area (Å²) >= 11 is 5.93. The van der Waals surface area contributed by atoms with Crippen LogP contribution in [0.1, 0.15) is 0 Å². The van der Waals surface area contributed by atoms with Crippen LogP contribution < -0.4 is 5.01 Å². The van der Waals surface area contributed by atoms with E-state index in [2.05, 4.69) is 5.10 Å². The molecule has 0 spiro atoms. The van der Waals surface area contributed by atoms with Gasteiger partial charge in [0.25, 0.3) is 0 Å². The number of ether oxygens (including phenoxy) is 1. The van der Waals surface area contributed by atoms with E-state index in [0.29, 0.717) is 5.56 Å². The van der Waals surface area contributed by atoms with Crippen molar-refractivity contribution in [3.05, 3.63) is 53.1 Å². The van der Waals surface area contributed by atoms with Crippen LogP contribution in [-0.2, 0) is 4.74 Å². The number of benzene rings is 2. The summed E-state index contributed by atoms with van der Waals surface area (Å²) < 4.78 is 32.2. The molecule has 1 amide bonds. The van der Waals surface area contributed by atoms with E-state index >= 15 is 0 Å². The third-order valence-corrected chi connectivity index (χ3v) is 3.38. The van der Waals surface area contributed by atoms with Crippen LogP contribution in [-0.4, -0.2) is 18.9 Å². The van der Waals surface area contributed by atoms with Gasteiger partial charge in [-0.05, 0) is 30.3 Å². The minimum atomic E-state index is -0.686. The van der Waals surface area contributed by atoms with Crippen molar-refractivity contribution >= 4 is 29.6 Å². The van der Waals surface area contributed by atoms with Gasteiger partial charge in [0.1, 0.15) is 18.2 Å². The zero-order valence-corrected chi connectivity index (χ0v) is 11.8. The minimum absolute atomic E-state index is 0.0844. The molecule has 0 bridgehead atoms. The van der Waals surface area contributed by atoms with Crippen molar-refractivity contribution in [3.8, 4) is 11.1 Å². The number of hydrogen-bond acceptors (Lipinski definition) is 3. The molecule has 1 aliphatic rings. The third kappa shape index (κ3) is 2.65. The molecule has 1 heterocycles. The monoisotopic (exact) mass is 322 g/mol. The van der Waals surface area contributed by atoms with E-state index in [1.165, 1.54) is 30.5 Å². The number of nitrogens with zero attached hydrogens (tertiary/aromatic N) is 2. The maximum atomic E-state index is 14.3. The fourth-order valence-electron chi connectivity index (χ4n) is 2.07. The summed E-state index contributed by atoms with van der Waals surface area (Å²) in [6.07, 6.45) is 0.707. The largest absolute Gasteiger partial charge is 0.442 e. The highest BCUT2D eigenvalue weighted by Crippen LogP contribution is 2.32. The predicted molar refractivity (Wildman–Crippen MR) is 79.1 cm³/mol. The van der Waals surface area contributed by atoms with Crippen molar-refractivity contribution in [2.75, 3.05) is 11.6 Å². The standard InChI is InChI=1S/C15H9ClF2N2O2/c16-13-7-9(17)1-3-11(13)12-4-2-10(8-14(12)18)20-15(21)22-6-5-19-20/h1-5,7-8H,6H2. The van der Waals surface area contributed by atoms with Gasteiger partial charge < -0.3 is 4.74 Å². The maximum absolute atomic E-state index is 14.3. The number of hydrogen-bond donors (Lipinski definition) is 0. The molecule has 0 aromatic heterocycles. The van der Waals surface area contributed by atoms with Gasteiger partial charge in [0.2, 0.25) is 0 Å². The smallest absolute Gasteiger partial charge is 0.435 e. The van der Waals surface area contributed by atoms with Gasteiger partial charge in [0.05, 0.1) is 16.9 Å². The van der Waals surface area contributed by atoms with Crippen molar-refractivity contribution in [2.24, 2.45) is 5.10 Å². The first-order valence-corrected chi connectivity index (χ1v) is 6.68. The molecule has 7 heteroatoms. The summed E-state index contributed by atoms with van der Waals surface area (Å²) in [5.41, 5.74) is 0.778. The molecule has 0 unspecified atom stereocenters. The quantitative estimate of drug-likeness (QED) is 0.830. The van der Waals surface area contributed by atoms with Crippen LogP contribution >= 0.6 is 11.6 Å². The Morgan fingerprint density at radius 3 is 2.59 bits per heavy atom. The molecule has 4 nitrogen and oxygen atoms in total. The molecule has 3 rings (SSSR count). The second kappa shape index (κ2) is 5.73. The van der Waals surface area contributed by atoms with Gasteiger partial charge in [-0.1, -0.05) is 11.6 Å². The van der Waals surface area contributed by atoms with Gasteiger partial charge in [0.15, 0.2) is 0 Å². The lowest BCUT2D eigenvalue weighted by atomic mass is 10.0. The Morgan fingerprint density at radius 1 is 1.14 bits per heavy atom. The van der Waals surface area contributed by atoms with Crippen LogP contribution in [0.2, 0.25) is 5.02 Å². The second-order valence-electron chi connectivity index (χ2n) is 4.48. The fourth-order valence-corrected chi connectivity index (χ4v) is 2.34. The van der Waals surface area contributed by atoms with E-state index in [9.17, 15) is 13.6 Å². The molecule has 2 aromatic carbocycles. The number of carbonyl (C=O) groups excluding carboxylic acids is 1. The Kier molecular flexibility index (Phi) is 3.77. The number of cyclic esters (lactones) is 1. The highest BCUT2D eigenvalue weighted by Gasteiger charge is 2.21. The van der Waals surface area contributed by atoms with Crippen molar-refractivity contribution in [2.45, 2.75) is 0 Å². The lowest BCUT2D eigenvalue weighted by Crippen LogP contribution is -2.31. The Labute approximate surface area is 129 Å². The average molecular weight is 323 g/mol. The van der Waals surface area contributed by atoms with Crippen molar-refractivity contribution in [3.63, 3.8) is 0 Å². The topological polar surface area (TPSA) is 41.9 Å². The average Bonchev–Trinajstić information content (AvgIpc) is 2.48. The normalized spacial score (nSPS) is 14.1. The van der Waals surface area contributed by atoms with Crippen molar-refractivity contribution < 1.29 is 18.3 Å². The number of rotatable bonds is 2. The summed E-state index contributed by atoms with van der Waals surface area (Å²) in [6.45, 7) is 0.0844. The predicted octanol–water partition coefficient (Wildman–Crippen LogP) is 4.23. The second-order valence-corrected chi connectivity index (χ2v) is 4.88. The van der Waals surface area contributed by atoms with Gasteiger partial charge in [-0.15, -0.1) is 0 Å². The Morgan fingerprint density at radius 2 is 1.91 bits per heavy atom. The van der Waals surface area contributed by atoms with Crippen molar-refractivity contribution in [1.82, 2.24) is 0 Å². The van der Waals surface area contributed by atoms with E-state index in [-0.39, 0.29) is 22.9 Å². The van der Waals surface area contributed by atoms with Crippen LogP contribution in [0.3, 0.4) is 0 Å². The number of halogens is 3. The molecule has 0 radical (unpaired) electrons.